The third-order valence-electron chi connectivity index (χ3n) is 13.3. The van der Waals surface area contributed by atoms with E-state index in [-0.39, 0.29) is 0 Å². The number of fused-ring (bicyclic) bond motifs is 12. The van der Waals surface area contributed by atoms with Gasteiger partial charge in [0.2, 0.25) is 8.07 Å². The second kappa shape index (κ2) is 14.1. The van der Waals surface area contributed by atoms with Crippen molar-refractivity contribution in [3.63, 3.8) is 0 Å². The van der Waals surface area contributed by atoms with Gasteiger partial charge in [0, 0.05) is 67.9 Å². The van der Waals surface area contributed by atoms with Crippen molar-refractivity contribution in [3.8, 4) is 11.4 Å². The van der Waals surface area contributed by atoms with Gasteiger partial charge in [-0.1, -0.05) is 121 Å². The Bertz CT molecular complexity index is 3830. The van der Waals surface area contributed by atoms with E-state index in [1.54, 1.807) is 0 Å². The van der Waals surface area contributed by atoms with Crippen molar-refractivity contribution in [1.82, 2.24) is 29.1 Å². The minimum atomic E-state index is -3.34. The lowest BCUT2D eigenvalue weighted by Gasteiger charge is -2.32. The summed E-state index contributed by atoms with van der Waals surface area (Å²) in [6.07, 6.45) is 7.86. The number of thiophene rings is 2. The van der Waals surface area contributed by atoms with Crippen molar-refractivity contribution < 1.29 is 0 Å². The van der Waals surface area contributed by atoms with Crippen molar-refractivity contribution >= 4 is 136 Å². The molecule has 0 saturated carbocycles. The van der Waals surface area contributed by atoms with E-state index in [4.69, 9.17) is 19.9 Å². The van der Waals surface area contributed by atoms with Crippen LogP contribution in [0.2, 0.25) is 0 Å². The van der Waals surface area contributed by atoms with E-state index in [2.05, 4.69) is 179 Å². The molecule has 65 heavy (non-hydrogen) atoms. The van der Waals surface area contributed by atoms with Gasteiger partial charge in [0.15, 0.2) is 0 Å². The molecule has 0 aliphatic heterocycles. The molecule has 0 aliphatic carbocycles. The fourth-order valence-corrected chi connectivity index (χ4v) is 18.7. The number of para-hydroxylation sites is 2. The van der Waals surface area contributed by atoms with Gasteiger partial charge in [0.1, 0.15) is 11.3 Å². The molecule has 14 rings (SSSR count). The molecule has 0 aliphatic rings. The number of rotatable bonds is 6. The van der Waals surface area contributed by atoms with Gasteiger partial charge < -0.3 is 0 Å². The van der Waals surface area contributed by atoms with Gasteiger partial charge in [-0.2, -0.15) is 0 Å². The zero-order chi connectivity index (χ0) is 42.6. The van der Waals surface area contributed by atoms with Crippen LogP contribution in [0.5, 0.6) is 0 Å². The fraction of sp³-hybridized carbons (Fsp3) is 0. The number of benzene rings is 6. The van der Waals surface area contributed by atoms with Crippen LogP contribution in [-0.2, 0) is 0 Å². The first kappa shape index (κ1) is 36.6. The summed E-state index contributed by atoms with van der Waals surface area (Å²) in [5, 5.41) is 14.1. The Hall–Kier alpha value is -7.82. The lowest BCUT2D eigenvalue weighted by atomic mass is 10.1. The third kappa shape index (κ3) is 5.08. The van der Waals surface area contributed by atoms with Gasteiger partial charge >= 0.3 is 0 Å². The molecule has 8 heterocycles. The van der Waals surface area contributed by atoms with Crippen LogP contribution in [0.4, 0.5) is 0 Å². The summed E-state index contributed by atoms with van der Waals surface area (Å²) in [6.45, 7) is 0. The van der Waals surface area contributed by atoms with Gasteiger partial charge in [-0.3, -0.25) is 19.1 Å². The molecule has 0 unspecified atom stereocenters. The van der Waals surface area contributed by atoms with E-state index in [1.807, 2.05) is 59.6 Å². The summed E-state index contributed by atoms with van der Waals surface area (Å²) in [4.78, 5) is 21.1. The van der Waals surface area contributed by atoms with Gasteiger partial charge in [-0.25, -0.2) is 9.97 Å². The highest BCUT2D eigenvalue weighted by atomic mass is 32.1. The monoisotopic (exact) mass is 882 g/mol. The minimum absolute atomic E-state index is 0.950. The van der Waals surface area contributed by atoms with Crippen LogP contribution in [0.3, 0.4) is 0 Å². The third-order valence-corrected chi connectivity index (χ3v) is 20.7. The Morgan fingerprint density at radius 2 is 0.708 bits per heavy atom. The molecule has 0 amide bonds. The lowest BCUT2D eigenvalue weighted by molar-refractivity contribution is 1.15. The molecule has 304 valence electrons. The molecule has 0 N–H and O–H groups in total. The number of nitrogens with zero attached hydrogens (tertiary/aromatic N) is 6. The van der Waals surface area contributed by atoms with Crippen molar-refractivity contribution in [3.05, 3.63) is 207 Å². The van der Waals surface area contributed by atoms with Crippen LogP contribution in [0, 0.1) is 0 Å². The van der Waals surface area contributed by atoms with Gasteiger partial charge in [-0.15, -0.1) is 22.7 Å². The standard InChI is InChI=1S/C56H34N6S2Si/c1-3-15-35(16-4-1)65(36-17-5-2-6-18-36,55-51-41(29-33-59-55)39-21-11-27-47(49(39)63-51)61-45-25-9-7-19-37(45)43-23-13-31-57-53(43)61)56-52-42(30-34-60-56)40-22-12-28-48(50(40)64-52)62-46-26-10-8-20-38(46)44-24-14-32-58-54(44)62/h1-34H. The molecule has 0 bridgehead atoms. The molecule has 0 fully saturated rings. The van der Waals surface area contributed by atoms with Crippen molar-refractivity contribution in [2.45, 2.75) is 0 Å². The summed E-state index contributed by atoms with van der Waals surface area (Å²) in [5.74, 6) is 0. The van der Waals surface area contributed by atoms with Gasteiger partial charge in [-0.05, 0) is 71.0 Å². The summed E-state index contributed by atoms with van der Waals surface area (Å²) >= 11 is 3.69. The molecule has 0 saturated heterocycles. The topological polar surface area (TPSA) is 61.4 Å². The van der Waals surface area contributed by atoms with Crippen LogP contribution in [0.15, 0.2) is 207 Å². The normalized spacial score (nSPS) is 12.3. The van der Waals surface area contributed by atoms with Crippen LogP contribution in [0.25, 0.3) is 95.6 Å². The second-order valence-electron chi connectivity index (χ2n) is 16.5. The number of aromatic nitrogens is 6. The van der Waals surface area contributed by atoms with E-state index in [9.17, 15) is 0 Å². The first-order chi connectivity index (χ1) is 32.3. The quantitative estimate of drug-likeness (QED) is 0.156. The Morgan fingerprint density at radius 3 is 1.18 bits per heavy atom. The molecular weight excluding hydrogens is 849 g/mol. The second-order valence-corrected chi connectivity index (χ2v) is 22.2. The predicted octanol–water partition coefficient (Wildman–Crippen LogP) is 11.6. The van der Waals surface area contributed by atoms with Gasteiger partial charge in [0.25, 0.3) is 0 Å². The van der Waals surface area contributed by atoms with E-state index in [0.29, 0.717) is 0 Å². The minimum Gasteiger partial charge on any atom is -0.292 e. The van der Waals surface area contributed by atoms with E-state index < -0.39 is 8.07 Å². The average Bonchev–Trinajstić information content (AvgIpc) is 4.14. The zero-order valence-corrected chi connectivity index (χ0v) is 37.3. The predicted molar refractivity (Wildman–Crippen MR) is 276 cm³/mol. The molecule has 0 radical (unpaired) electrons. The smallest absolute Gasteiger partial charge is 0.227 e. The molecule has 9 heteroatoms. The average molecular weight is 883 g/mol. The zero-order valence-electron chi connectivity index (χ0n) is 34.6. The molecule has 0 spiro atoms. The summed E-state index contributed by atoms with van der Waals surface area (Å²) < 4.78 is 9.45. The first-order valence-corrected chi connectivity index (χ1v) is 25.3. The van der Waals surface area contributed by atoms with Gasteiger partial charge in [0.05, 0.1) is 51.8 Å². The fourth-order valence-electron chi connectivity index (χ4n) is 10.6. The number of pyridine rings is 4. The molecule has 6 nitrogen and oxygen atoms in total. The number of hydrogen-bond acceptors (Lipinski definition) is 6. The maximum atomic E-state index is 5.59. The molecular formula is C56H34N6S2Si. The Kier molecular flexibility index (Phi) is 7.94. The van der Waals surface area contributed by atoms with Crippen LogP contribution >= 0.6 is 22.7 Å². The largest absolute Gasteiger partial charge is 0.292 e. The highest BCUT2D eigenvalue weighted by molar-refractivity contribution is 7.33. The molecule has 8 aromatic heterocycles. The van der Waals surface area contributed by atoms with Crippen molar-refractivity contribution in [2.24, 2.45) is 0 Å². The summed E-state index contributed by atoms with van der Waals surface area (Å²) in [6, 6.07) is 65.7. The Morgan fingerprint density at radius 1 is 0.308 bits per heavy atom. The molecule has 14 aromatic rings. The van der Waals surface area contributed by atoms with E-state index in [1.165, 1.54) is 61.5 Å². The maximum Gasteiger partial charge on any atom is 0.227 e. The molecule has 6 aromatic carbocycles. The summed E-state index contributed by atoms with van der Waals surface area (Å²) in [5.41, 5.74) is 6.40. The SMILES string of the molecule is c1ccc([Si](c2ccccc2)(c2nccc3c2sc2c(-n4c5ccccc5c5cccnc54)cccc23)c2nccc3c2sc2c(-n4c5ccccc5c5cccnc54)cccc23)cc1. The lowest BCUT2D eigenvalue weighted by Crippen LogP contribution is -2.76. The first-order valence-electron chi connectivity index (χ1n) is 21.7. The van der Waals surface area contributed by atoms with Crippen molar-refractivity contribution in [2.75, 3.05) is 0 Å². The van der Waals surface area contributed by atoms with Crippen LogP contribution in [-0.4, -0.2) is 37.1 Å². The van der Waals surface area contributed by atoms with Crippen LogP contribution in [0.1, 0.15) is 0 Å². The number of hydrogen-bond donors (Lipinski definition) is 0. The Labute approximate surface area is 381 Å². The Balaban J connectivity index is 1.10. The van der Waals surface area contributed by atoms with Crippen LogP contribution < -0.4 is 21.0 Å². The maximum absolute atomic E-state index is 5.59. The van der Waals surface area contributed by atoms with Crippen molar-refractivity contribution in [1.29, 1.82) is 0 Å². The highest BCUT2D eigenvalue weighted by Crippen LogP contribution is 2.43. The highest BCUT2D eigenvalue weighted by Gasteiger charge is 2.47. The van der Waals surface area contributed by atoms with E-state index in [0.717, 1.165) is 55.1 Å². The summed E-state index contributed by atoms with van der Waals surface area (Å²) in [7, 11) is -3.34. The van der Waals surface area contributed by atoms with E-state index >= 15 is 0 Å². The molecule has 0 atom stereocenters.